The maximum Gasteiger partial charge on any atom is 0.255 e. The number of hydrogen-bond acceptors (Lipinski definition) is 3. The molecule has 1 unspecified atom stereocenters. The number of benzene rings is 1. The Balaban J connectivity index is 1.61. The topological polar surface area (TPSA) is 61.0 Å². The zero-order valence-electron chi connectivity index (χ0n) is 11.8. The summed E-state index contributed by atoms with van der Waals surface area (Å²) in [5.41, 5.74) is 2.61. The number of rotatable bonds is 3. The summed E-state index contributed by atoms with van der Waals surface area (Å²) < 4.78 is 1.07. The summed E-state index contributed by atoms with van der Waals surface area (Å²) in [5.74, 6) is -0.0519. The van der Waals surface area contributed by atoms with Crippen LogP contribution in [0, 0.1) is 6.92 Å². The Hall–Kier alpha value is -1.82. The number of aryl methyl sites for hydroxylation is 1. The molecule has 2 N–H and O–H groups in total. The molecule has 1 amide bonds. The zero-order valence-corrected chi connectivity index (χ0v) is 13.4. The molecule has 6 heteroatoms. The van der Waals surface area contributed by atoms with Gasteiger partial charge in [0.1, 0.15) is 0 Å². The van der Waals surface area contributed by atoms with Crippen LogP contribution in [0.15, 0.2) is 34.9 Å². The second-order valence-electron chi connectivity index (χ2n) is 5.29. The number of hydrogen-bond donors (Lipinski definition) is 2. The van der Waals surface area contributed by atoms with E-state index in [1.54, 1.807) is 6.20 Å². The van der Waals surface area contributed by atoms with Gasteiger partial charge in [-0.3, -0.25) is 9.89 Å². The number of aromatic nitrogens is 2. The lowest BCUT2D eigenvalue weighted by Gasteiger charge is -2.19. The fourth-order valence-electron chi connectivity index (χ4n) is 2.61. The summed E-state index contributed by atoms with van der Waals surface area (Å²) in [6, 6.07) is 8.44. The lowest BCUT2D eigenvalue weighted by atomic mass is 10.2. The monoisotopic (exact) mass is 348 g/mol. The van der Waals surface area contributed by atoms with Gasteiger partial charge in [-0.1, -0.05) is 15.9 Å². The molecule has 1 atom stereocenters. The van der Waals surface area contributed by atoms with E-state index in [0.29, 0.717) is 5.56 Å². The fraction of sp³-hybridized carbons (Fsp3) is 0.333. The predicted octanol–water partition coefficient (Wildman–Crippen LogP) is 2.49. The molecule has 0 saturated carbocycles. The Labute approximate surface area is 131 Å². The minimum absolute atomic E-state index is 0.0519. The average Bonchev–Trinajstić information content (AvgIpc) is 3.09. The molecule has 2 heterocycles. The number of halogens is 1. The highest BCUT2D eigenvalue weighted by atomic mass is 79.9. The van der Waals surface area contributed by atoms with Crippen LogP contribution in [0.1, 0.15) is 22.5 Å². The molecule has 21 heavy (non-hydrogen) atoms. The molecule has 0 bridgehead atoms. The van der Waals surface area contributed by atoms with Gasteiger partial charge in [0, 0.05) is 35.0 Å². The van der Waals surface area contributed by atoms with E-state index in [0.717, 1.165) is 29.7 Å². The third kappa shape index (κ3) is 3.10. The highest BCUT2D eigenvalue weighted by Gasteiger charge is 2.25. The van der Waals surface area contributed by atoms with Crippen LogP contribution in [0.4, 0.5) is 5.69 Å². The molecular formula is C15H17BrN4O. The number of nitrogens with zero attached hydrogens (tertiary/aromatic N) is 2. The Morgan fingerprint density at radius 2 is 2.19 bits per heavy atom. The third-order valence-electron chi connectivity index (χ3n) is 3.79. The first-order chi connectivity index (χ1) is 10.1. The first-order valence-electron chi connectivity index (χ1n) is 6.95. The van der Waals surface area contributed by atoms with Crippen molar-refractivity contribution in [2.45, 2.75) is 19.4 Å². The van der Waals surface area contributed by atoms with Gasteiger partial charge >= 0.3 is 0 Å². The van der Waals surface area contributed by atoms with E-state index in [1.165, 1.54) is 5.69 Å². The van der Waals surface area contributed by atoms with Crippen LogP contribution in [0.5, 0.6) is 0 Å². The summed E-state index contributed by atoms with van der Waals surface area (Å²) in [5, 5.41) is 9.76. The van der Waals surface area contributed by atoms with E-state index >= 15 is 0 Å². The molecule has 1 aromatic heterocycles. The highest BCUT2D eigenvalue weighted by molar-refractivity contribution is 9.10. The molecule has 1 saturated heterocycles. The maximum absolute atomic E-state index is 12.2. The summed E-state index contributed by atoms with van der Waals surface area (Å²) in [4.78, 5) is 14.5. The van der Waals surface area contributed by atoms with E-state index in [4.69, 9.17) is 0 Å². The predicted molar refractivity (Wildman–Crippen MR) is 85.6 cm³/mol. The van der Waals surface area contributed by atoms with Crippen molar-refractivity contribution < 1.29 is 4.79 Å². The Morgan fingerprint density at radius 1 is 1.43 bits per heavy atom. The van der Waals surface area contributed by atoms with Crippen LogP contribution < -0.4 is 10.2 Å². The van der Waals surface area contributed by atoms with Crippen molar-refractivity contribution in [1.29, 1.82) is 0 Å². The summed E-state index contributed by atoms with van der Waals surface area (Å²) in [7, 11) is 0. The molecule has 1 aliphatic heterocycles. The molecule has 0 aliphatic carbocycles. The molecule has 0 radical (unpaired) electrons. The van der Waals surface area contributed by atoms with Crippen molar-refractivity contribution in [2.75, 3.05) is 18.0 Å². The molecule has 1 aliphatic rings. The molecule has 0 spiro atoms. The van der Waals surface area contributed by atoms with Crippen molar-refractivity contribution in [2.24, 2.45) is 0 Å². The largest absolute Gasteiger partial charge is 0.369 e. The van der Waals surface area contributed by atoms with Gasteiger partial charge in [-0.25, -0.2) is 0 Å². The van der Waals surface area contributed by atoms with Crippen molar-refractivity contribution in [3.8, 4) is 0 Å². The van der Waals surface area contributed by atoms with Crippen LogP contribution in [0.3, 0.4) is 0 Å². The number of amides is 1. The third-order valence-corrected chi connectivity index (χ3v) is 4.32. The summed E-state index contributed by atoms with van der Waals surface area (Å²) in [6.07, 6.45) is 2.53. The van der Waals surface area contributed by atoms with E-state index in [-0.39, 0.29) is 11.9 Å². The smallest absolute Gasteiger partial charge is 0.255 e. The molecular weight excluding hydrogens is 332 g/mol. The zero-order chi connectivity index (χ0) is 14.8. The van der Waals surface area contributed by atoms with Gasteiger partial charge in [-0.05, 0) is 37.6 Å². The minimum atomic E-state index is -0.0519. The number of carbonyl (C=O) groups excluding carboxylic acids is 1. The lowest BCUT2D eigenvalue weighted by molar-refractivity contribution is 0.0940. The van der Waals surface area contributed by atoms with Gasteiger partial charge in [0.2, 0.25) is 0 Å². The molecule has 2 aromatic rings. The van der Waals surface area contributed by atoms with Gasteiger partial charge in [0.25, 0.3) is 5.91 Å². The van der Waals surface area contributed by atoms with Gasteiger partial charge in [-0.15, -0.1) is 0 Å². The van der Waals surface area contributed by atoms with Crippen LogP contribution in [0.2, 0.25) is 0 Å². The van der Waals surface area contributed by atoms with Crippen LogP contribution in [-0.2, 0) is 0 Å². The number of nitrogens with one attached hydrogen (secondary N) is 2. The van der Waals surface area contributed by atoms with Crippen molar-refractivity contribution in [3.63, 3.8) is 0 Å². The number of anilines is 1. The fourth-order valence-corrected chi connectivity index (χ4v) is 2.87. The Morgan fingerprint density at radius 3 is 2.86 bits per heavy atom. The van der Waals surface area contributed by atoms with E-state index in [9.17, 15) is 4.79 Å². The number of aromatic amines is 1. The molecule has 3 rings (SSSR count). The SMILES string of the molecule is Cc1[nH]ncc1C(=O)NC1CCN(c2ccc(Br)cc2)C1. The number of H-pyrrole nitrogens is 1. The maximum atomic E-state index is 12.2. The normalized spacial score (nSPS) is 18.0. The molecule has 5 nitrogen and oxygen atoms in total. The quantitative estimate of drug-likeness (QED) is 0.895. The van der Waals surface area contributed by atoms with Crippen LogP contribution in [0.25, 0.3) is 0 Å². The summed E-state index contributed by atoms with van der Waals surface area (Å²) >= 11 is 3.44. The van der Waals surface area contributed by atoms with E-state index in [2.05, 4.69) is 48.5 Å². The molecule has 1 fully saturated rings. The van der Waals surface area contributed by atoms with Crippen molar-refractivity contribution in [1.82, 2.24) is 15.5 Å². The first kappa shape index (κ1) is 14.1. The lowest BCUT2D eigenvalue weighted by Crippen LogP contribution is -2.37. The number of carbonyl (C=O) groups is 1. The van der Waals surface area contributed by atoms with E-state index in [1.807, 2.05) is 19.1 Å². The Bertz CT molecular complexity index is 637. The summed E-state index contributed by atoms with van der Waals surface area (Å²) in [6.45, 7) is 3.64. The van der Waals surface area contributed by atoms with Crippen molar-refractivity contribution >= 4 is 27.5 Å². The van der Waals surface area contributed by atoms with Gasteiger partial charge < -0.3 is 10.2 Å². The average molecular weight is 349 g/mol. The Kier molecular flexibility index (Phi) is 3.96. The minimum Gasteiger partial charge on any atom is -0.369 e. The molecule has 1 aromatic carbocycles. The second-order valence-corrected chi connectivity index (χ2v) is 6.21. The standard InChI is InChI=1S/C15H17BrN4O/c1-10-14(8-17-19-10)15(21)18-12-6-7-20(9-12)13-4-2-11(16)3-5-13/h2-5,8,12H,6-7,9H2,1H3,(H,17,19)(H,18,21). The van der Waals surface area contributed by atoms with E-state index < -0.39 is 0 Å². The van der Waals surface area contributed by atoms with Gasteiger partial charge in [0.15, 0.2) is 0 Å². The molecule has 110 valence electrons. The van der Waals surface area contributed by atoms with Gasteiger partial charge in [0.05, 0.1) is 11.8 Å². The van der Waals surface area contributed by atoms with Crippen molar-refractivity contribution in [3.05, 3.63) is 46.2 Å². The first-order valence-corrected chi connectivity index (χ1v) is 7.74. The second kappa shape index (κ2) is 5.89. The van der Waals surface area contributed by atoms with Gasteiger partial charge in [-0.2, -0.15) is 5.10 Å². The highest BCUT2D eigenvalue weighted by Crippen LogP contribution is 2.22. The van der Waals surface area contributed by atoms with Crippen LogP contribution >= 0.6 is 15.9 Å². The van der Waals surface area contributed by atoms with Crippen LogP contribution in [-0.4, -0.2) is 35.2 Å².